The standard InChI is InChI=1S/C17H14N6/c1-23-11-13(12-5-2-3-6-15(12)23)14-7-10-20-17(21-14)22-16-18-8-4-9-19-16/h2-11H,1H3,(H,18,19,20,21,22). The van der Waals surface area contributed by atoms with E-state index in [-0.39, 0.29) is 0 Å². The fourth-order valence-electron chi connectivity index (χ4n) is 2.58. The number of para-hydroxylation sites is 1. The van der Waals surface area contributed by atoms with Crippen LogP contribution in [0.5, 0.6) is 0 Å². The second-order valence-corrected chi connectivity index (χ2v) is 5.13. The molecule has 0 aliphatic rings. The van der Waals surface area contributed by atoms with Crippen LogP contribution in [-0.2, 0) is 7.05 Å². The first-order chi connectivity index (χ1) is 11.3. The molecule has 1 aromatic carbocycles. The van der Waals surface area contributed by atoms with Crippen molar-refractivity contribution in [3.05, 3.63) is 61.2 Å². The van der Waals surface area contributed by atoms with Gasteiger partial charge in [-0.25, -0.2) is 19.9 Å². The topological polar surface area (TPSA) is 68.5 Å². The lowest BCUT2D eigenvalue weighted by Gasteiger charge is -2.04. The number of hydrogen-bond acceptors (Lipinski definition) is 5. The molecule has 6 heteroatoms. The molecule has 0 saturated heterocycles. The highest BCUT2D eigenvalue weighted by atomic mass is 15.2. The van der Waals surface area contributed by atoms with E-state index in [1.807, 2.05) is 25.2 Å². The zero-order valence-electron chi connectivity index (χ0n) is 12.5. The molecule has 23 heavy (non-hydrogen) atoms. The summed E-state index contributed by atoms with van der Waals surface area (Å²) in [6, 6.07) is 11.9. The Bertz CT molecular complexity index is 961. The van der Waals surface area contributed by atoms with Gasteiger partial charge >= 0.3 is 0 Å². The summed E-state index contributed by atoms with van der Waals surface area (Å²) in [5.41, 5.74) is 3.10. The lowest BCUT2D eigenvalue weighted by molar-refractivity contribution is 0.969. The van der Waals surface area contributed by atoms with Gasteiger partial charge in [0.1, 0.15) is 0 Å². The molecule has 1 N–H and O–H groups in total. The number of aromatic nitrogens is 5. The van der Waals surface area contributed by atoms with E-state index in [1.54, 1.807) is 24.7 Å². The fourth-order valence-corrected chi connectivity index (χ4v) is 2.58. The van der Waals surface area contributed by atoms with Gasteiger partial charge in [-0.2, -0.15) is 0 Å². The molecule has 0 aliphatic carbocycles. The Hall–Kier alpha value is -3.28. The fraction of sp³-hybridized carbons (Fsp3) is 0.0588. The monoisotopic (exact) mass is 302 g/mol. The predicted octanol–water partition coefficient (Wildman–Crippen LogP) is 3.17. The van der Waals surface area contributed by atoms with E-state index in [1.165, 1.54) is 5.52 Å². The van der Waals surface area contributed by atoms with Gasteiger partial charge in [0.05, 0.1) is 5.69 Å². The number of hydrogen-bond donors (Lipinski definition) is 1. The third kappa shape index (κ3) is 2.50. The number of nitrogens with zero attached hydrogens (tertiary/aromatic N) is 5. The van der Waals surface area contributed by atoms with Crippen LogP contribution >= 0.6 is 0 Å². The summed E-state index contributed by atoms with van der Waals surface area (Å²) in [5, 5.41) is 4.18. The Kier molecular flexibility index (Phi) is 3.20. The predicted molar refractivity (Wildman–Crippen MR) is 89.3 cm³/mol. The van der Waals surface area contributed by atoms with E-state index >= 15 is 0 Å². The lowest BCUT2D eigenvalue weighted by atomic mass is 10.1. The smallest absolute Gasteiger partial charge is 0.230 e. The van der Waals surface area contributed by atoms with Gasteiger partial charge in [0.25, 0.3) is 0 Å². The summed E-state index contributed by atoms with van der Waals surface area (Å²) in [4.78, 5) is 17.1. The van der Waals surface area contributed by atoms with Crippen LogP contribution in [0.15, 0.2) is 61.2 Å². The highest BCUT2D eigenvalue weighted by Gasteiger charge is 2.10. The number of rotatable bonds is 3. The number of aryl methyl sites for hydroxylation is 1. The number of anilines is 2. The molecule has 0 fully saturated rings. The Morgan fingerprint density at radius 1 is 0.870 bits per heavy atom. The molecule has 0 saturated carbocycles. The van der Waals surface area contributed by atoms with Crippen molar-refractivity contribution >= 4 is 22.8 Å². The number of fused-ring (bicyclic) bond motifs is 1. The third-order valence-electron chi connectivity index (χ3n) is 3.62. The minimum Gasteiger partial charge on any atom is -0.350 e. The maximum absolute atomic E-state index is 4.59. The molecule has 112 valence electrons. The maximum atomic E-state index is 4.59. The van der Waals surface area contributed by atoms with Crippen molar-refractivity contribution in [2.75, 3.05) is 5.32 Å². The zero-order valence-corrected chi connectivity index (χ0v) is 12.5. The first-order valence-electron chi connectivity index (χ1n) is 7.23. The van der Waals surface area contributed by atoms with Gasteiger partial charge in [-0.1, -0.05) is 18.2 Å². The van der Waals surface area contributed by atoms with Crippen molar-refractivity contribution in [3.8, 4) is 11.3 Å². The molecule has 0 amide bonds. The summed E-state index contributed by atoms with van der Waals surface area (Å²) in [5.74, 6) is 0.948. The molecule has 4 rings (SSSR count). The molecular weight excluding hydrogens is 288 g/mol. The molecular formula is C17H14N6. The van der Waals surface area contributed by atoms with E-state index in [9.17, 15) is 0 Å². The van der Waals surface area contributed by atoms with Crippen LogP contribution in [-0.4, -0.2) is 24.5 Å². The molecule has 0 spiro atoms. The highest BCUT2D eigenvalue weighted by molar-refractivity contribution is 5.95. The van der Waals surface area contributed by atoms with Gasteiger partial charge in [-0.05, 0) is 18.2 Å². The first-order valence-corrected chi connectivity index (χ1v) is 7.23. The molecule has 3 heterocycles. The van der Waals surface area contributed by atoms with Crippen molar-refractivity contribution in [2.24, 2.45) is 7.05 Å². The van der Waals surface area contributed by atoms with Crippen molar-refractivity contribution < 1.29 is 0 Å². The van der Waals surface area contributed by atoms with Crippen LogP contribution in [0.1, 0.15) is 0 Å². The van der Waals surface area contributed by atoms with Gasteiger partial charge in [0, 0.05) is 48.3 Å². The summed E-state index contributed by atoms with van der Waals surface area (Å²) in [6.45, 7) is 0. The number of benzene rings is 1. The number of nitrogens with one attached hydrogen (secondary N) is 1. The third-order valence-corrected chi connectivity index (χ3v) is 3.62. The van der Waals surface area contributed by atoms with Crippen molar-refractivity contribution in [1.29, 1.82) is 0 Å². The highest BCUT2D eigenvalue weighted by Crippen LogP contribution is 2.29. The van der Waals surface area contributed by atoms with E-state index in [0.29, 0.717) is 11.9 Å². The second-order valence-electron chi connectivity index (χ2n) is 5.13. The molecule has 0 aliphatic heterocycles. The Morgan fingerprint density at radius 2 is 1.65 bits per heavy atom. The van der Waals surface area contributed by atoms with Crippen LogP contribution in [0.4, 0.5) is 11.9 Å². The zero-order chi connectivity index (χ0) is 15.6. The summed E-state index contributed by atoms with van der Waals surface area (Å²) < 4.78 is 2.10. The van der Waals surface area contributed by atoms with Crippen molar-refractivity contribution in [3.63, 3.8) is 0 Å². The van der Waals surface area contributed by atoms with E-state index in [2.05, 4.69) is 48.1 Å². The van der Waals surface area contributed by atoms with Crippen molar-refractivity contribution in [2.45, 2.75) is 0 Å². The minimum atomic E-state index is 0.474. The van der Waals surface area contributed by atoms with Gasteiger partial charge in [-0.15, -0.1) is 0 Å². The first kappa shape index (κ1) is 13.4. The maximum Gasteiger partial charge on any atom is 0.230 e. The second kappa shape index (κ2) is 5.49. The normalized spacial score (nSPS) is 10.8. The Labute approximate surface area is 132 Å². The van der Waals surface area contributed by atoms with Crippen LogP contribution in [0.3, 0.4) is 0 Å². The van der Waals surface area contributed by atoms with Gasteiger partial charge in [0.15, 0.2) is 0 Å². The van der Waals surface area contributed by atoms with E-state index in [0.717, 1.165) is 16.6 Å². The van der Waals surface area contributed by atoms with Crippen LogP contribution in [0.2, 0.25) is 0 Å². The van der Waals surface area contributed by atoms with Crippen LogP contribution in [0, 0.1) is 0 Å². The molecule has 0 radical (unpaired) electrons. The quantitative estimate of drug-likeness (QED) is 0.629. The summed E-state index contributed by atoms with van der Waals surface area (Å²) in [7, 11) is 2.03. The van der Waals surface area contributed by atoms with E-state index < -0.39 is 0 Å². The minimum absolute atomic E-state index is 0.474. The average Bonchev–Trinajstić information content (AvgIpc) is 2.94. The molecule has 4 aromatic rings. The summed E-state index contributed by atoms with van der Waals surface area (Å²) in [6.07, 6.45) is 7.15. The Balaban J connectivity index is 1.76. The largest absolute Gasteiger partial charge is 0.350 e. The van der Waals surface area contributed by atoms with E-state index in [4.69, 9.17) is 0 Å². The van der Waals surface area contributed by atoms with Gasteiger partial charge in [-0.3, -0.25) is 5.32 Å². The molecule has 0 bridgehead atoms. The van der Waals surface area contributed by atoms with Gasteiger partial charge in [0.2, 0.25) is 11.9 Å². The SMILES string of the molecule is Cn1cc(-c2ccnc(Nc3ncccn3)n2)c2ccccc21. The molecule has 6 nitrogen and oxygen atoms in total. The van der Waals surface area contributed by atoms with Crippen molar-refractivity contribution in [1.82, 2.24) is 24.5 Å². The lowest BCUT2D eigenvalue weighted by Crippen LogP contribution is -2.00. The average molecular weight is 302 g/mol. The molecule has 0 atom stereocenters. The summed E-state index contributed by atoms with van der Waals surface area (Å²) >= 11 is 0. The van der Waals surface area contributed by atoms with Crippen LogP contribution in [0.25, 0.3) is 22.2 Å². The Morgan fingerprint density at radius 3 is 2.52 bits per heavy atom. The van der Waals surface area contributed by atoms with Gasteiger partial charge < -0.3 is 4.57 Å². The van der Waals surface area contributed by atoms with Crippen LogP contribution < -0.4 is 5.32 Å². The molecule has 0 unspecified atom stereocenters. The molecule has 3 aromatic heterocycles.